The van der Waals surface area contributed by atoms with Gasteiger partial charge >= 0.3 is 5.97 Å². The molecule has 0 saturated carbocycles. The molecule has 5 nitrogen and oxygen atoms in total. The number of aliphatic hydroxyl groups is 2. The predicted molar refractivity (Wildman–Crippen MR) is 98.2 cm³/mol. The summed E-state index contributed by atoms with van der Waals surface area (Å²) in [5.74, 6) is -0.116. The first-order valence-electron chi connectivity index (χ1n) is 9.48. The molecule has 1 fully saturated rings. The summed E-state index contributed by atoms with van der Waals surface area (Å²) in [6, 6.07) is 0. The third kappa shape index (κ3) is 9.78. The molecule has 1 aliphatic rings. The van der Waals surface area contributed by atoms with Gasteiger partial charge in [0.2, 0.25) is 0 Å². The highest BCUT2D eigenvalue weighted by molar-refractivity contribution is 5.69. The van der Waals surface area contributed by atoms with E-state index in [4.69, 9.17) is 9.84 Å². The van der Waals surface area contributed by atoms with E-state index in [1.807, 2.05) is 0 Å². The maximum absolute atomic E-state index is 11.0. The van der Waals surface area contributed by atoms with Gasteiger partial charge < -0.3 is 19.7 Å². The second-order valence-corrected chi connectivity index (χ2v) is 6.55. The molecule has 144 valence electrons. The summed E-state index contributed by atoms with van der Waals surface area (Å²) in [6.45, 7) is 0.672. The molecule has 1 aliphatic heterocycles. The molecule has 0 aromatic carbocycles. The van der Waals surface area contributed by atoms with Crippen LogP contribution in [-0.2, 0) is 14.3 Å². The van der Waals surface area contributed by atoms with E-state index in [1.165, 1.54) is 7.11 Å². The number of ether oxygens (including phenoxy) is 2. The van der Waals surface area contributed by atoms with Crippen LogP contribution < -0.4 is 0 Å². The predicted octanol–water partition coefficient (Wildman–Crippen LogP) is 3.15. The van der Waals surface area contributed by atoms with Gasteiger partial charge in [0.15, 0.2) is 0 Å². The number of esters is 1. The Labute approximate surface area is 151 Å². The molecule has 3 atom stereocenters. The van der Waals surface area contributed by atoms with Crippen LogP contribution in [-0.4, -0.2) is 48.7 Å². The largest absolute Gasteiger partial charge is 0.469 e. The average molecular weight is 354 g/mol. The van der Waals surface area contributed by atoms with Gasteiger partial charge in [0, 0.05) is 18.9 Å². The smallest absolute Gasteiger partial charge is 0.305 e. The quantitative estimate of drug-likeness (QED) is 0.302. The number of allylic oxidation sites excluding steroid dienone is 2. The molecule has 0 bridgehead atoms. The van der Waals surface area contributed by atoms with Gasteiger partial charge in [-0.1, -0.05) is 37.1 Å². The highest BCUT2D eigenvalue weighted by atomic mass is 16.5. The highest BCUT2D eigenvalue weighted by Crippen LogP contribution is 2.26. The highest BCUT2D eigenvalue weighted by Gasteiger charge is 2.33. The molecule has 0 aromatic rings. The standard InChI is InChI=1S/C20H34O5/c1-24-20(23)14-10-6-5-9-13-19-17(18(22)16-25-19)12-8-4-2-3-7-11-15-21/h5,8-9,12,17-19,21-22H,2-4,6-7,10-11,13-16H2,1H3/t17-,18-,19-/m0/s1. The monoisotopic (exact) mass is 354 g/mol. The molecular weight excluding hydrogens is 320 g/mol. The van der Waals surface area contributed by atoms with E-state index in [-0.39, 0.29) is 24.6 Å². The second-order valence-electron chi connectivity index (χ2n) is 6.55. The molecule has 1 heterocycles. The Kier molecular flexibility index (Phi) is 12.3. The van der Waals surface area contributed by atoms with Crippen molar-refractivity contribution in [1.29, 1.82) is 0 Å². The Morgan fingerprint density at radius 1 is 1.12 bits per heavy atom. The minimum atomic E-state index is -0.427. The second kappa shape index (κ2) is 14.0. The van der Waals surface area contributed by atoms with Crippen LogP contribution in [0.1, 0.15) is 57.8 Å². The SMILES string of the molecule is COC(=O)CCCC=CC[C@@H]1OC[C@H](O)[C@@H]1C=CCCCCCCO. The van der Waals surface area contributed by atoms with Crippen LogP contribution >= 0.6 is 0 Å². The van der Waals surface area contributed by atoms with Crippen molar-refractivity contribution in [1.82, 2.24) is 0 Å². The topological polar surface area (TPSA) is 76.0 Å². The average Bonchev–Trinajstić information content (AvgIpc) is 2.97. The Balaban J connectivity index is 2.22. The van der Waals surface area contributed by atoms with E-state index in [0.717, 1.165) is 51.4 Å². The molecule has 0 aliphatic carbocycles. The lowest BCUT2D eigenvalue weighted by atomic mass is 9.95. The zero-order valence-corrected chi connectivity index (χ0v) is 15.4. The van der Waals surface area contributed by atoms with Crippen molar-refractivity contribution in [2.75, 3.05) is 20.3 Å². The zero-order chi connectivity index (χ0) is 18.3. The van der Waals surface area contributed by atoms with Crippen molar-refractivity contribution in [2.45, 2.75) is 70.0 Å². The number of carbonyl (C=O) groups excluding carboxylic acids is 1. The van der Waals surface area contributed by atoms with Gasteiger partial charge in [-0.05, 0) is 38.5 Å². The minimum Gasteiger partial charge on any atom is -0.469 e. The van der Waals surface area contributed by atoms with E-state index in [1.54, 1.807) is 0 Å². The molecule has 0 amide bonds. The van der Waals surface area contributed by atoms with Crippen molar-refractivity contribution < 1.29 is 24.5 Å². The van der Waals surface area contributed by atoms with E-state index >= 15 is 0 Å². The van der Waals surface area contributed by atoms with Crippen molar-refractivity contribution >= 4 is 5.97 Å². The van der Waals surface area contributed by atoms with Crippen molar-refractivity contribution in [3.63, 3.8) is 0 Å². The first-order chi connectivity index (χ1) is 12.2. The van der Waals surface area contributed by atoms with Gasteiger partial charge in [-0.2, -0.15) is 0 Å². The van der Waals surface area contributed by atoms with Gasteiger partial charge in [0.1, 0.15) is 0 Å². The summed E-state index contributed by atoms with van der Waals surface area (Å²) < 4.78 is 10.3. The van der Waals surface area contributed by atoms with E-state index in [9.17, 15) is 9.90 Å². The maximum atomic E-state index is 11.0. The fourth-order valence-corrected chi connectivity index (χ4v) is 2.96. The number of hydrogen-bond acceptors (Lipinski definition) is 5. The van der Waals surface area contributed by atoms with E-state index < -0.39 is 6.10 Å². The summed E-state index contributed by atoms with van der Waals surface area (Å²) in [5.41, 5.74) is 0. The summed E-state index contributed by atoms with van der Waals surface area (Å²) >= 11 is 0. The normalized spacial score (nSPS) is 23.7. The fraction of sp³-hybridized carbons (Fsp3) is 0.750. The number of aliphatic hydroxyl groups excluding tert-OH is 2. The Hall–Kier alpha value is -1.17. The van der Waals surface area contributed by atoms with Crippen LogP contribution in [0.5, 0.6) is 0 Å². The fourth-order valence-electron chi connectivity index (χ4n) is 2.96. The molecule has 25 heavy (non-hydrogen) atoms. The minimum absolute atomic E-state index is 0.0255. The molecule has 0 radical (unpaired) electrons. The summed E-state index contributed by atoms with van der Waals surface area (Å²) in [6.07, 6.45) is 16.1. The molecular formula is C20H34O5. The van der Waals surface area contributed by atoms with Crippen LogP contribution in [0.15, 0.2) is 24.3 Å². The summed E-state index contributed by atoms with van der Waals surface area (Å²) in [4.78, 5) is 11.0. The van der Waals surface area contributed by atoms with Crippen molar-refractivity contribution in [3.05, 3.63) is 24.3 Å². The van der Waals surface area contributed by atoms with Crippen molar-refractivity contribution in [3.8, 4) is 0 Å². The number of methoxy groups -OCH3 is 1. The van der Waals surface area contributed by atoms with E-state index in [0.29, 0.717) is 13.0 Å². The van der Waals surface area contributed by atoms with Crippen LogP contribution in [0.3, 0.4) is 0 Å². The molecule has 2 N–H and O–H groups in total. The van der Waals surface area contributed by atoms with Gasteiger partial charge in [-0.15, -0.1) is 0 Å². The third-order valence-electron chi connectivity index (χ3n) is 4.51. The number of rotatable bonds is 13. The summed E-state index contributed by atoms with van der Waals surface area (Å²) in [7, 11) is 1.41. The first kappa shape index (κ1) is 21.9. The Bertz CT molecular complexity index is 405. The summed E-state index contributed by atoms with van der Waals surface area (Å²) in [5, 5.41) is 18.8. The van der Waals surface area contributed by atoms with Gasteiger partial charge in [-0.3, -0.25) is 4.79 Å². The molecule has 1 saturated heterocycles. The molecule has 1 rings (SSSR count). The lowest BCUT2D eigenvalue weighted by molar-refractivity contribution is -0.140. The number of carbonyl (C=O) groups is 1. The maximum Gasteiger partial charge on any atom is 0.305 e. The van der Waals surface area contributed by atoms with Gasteiger partial charge in [0.05, 0.1) is 25.9 Å². The van der Waals surface area contributed by atoms with Crippen LogP contribution in [0.25, 0.3) is 0 Å². The van der Waals surface area contributed by atoms with Crippen LogP contribution in [0.4, 0.5) is 0 Å². The molecule has 0 spiro atoms. The van der Waals surface area contributed by atoms with Gasteiger partial charge in [0.25, 0.3) is 0 Å². The van der Waals surface area contributed by atoms with Gasteiger partial charge in [-0.25, -0.2) is 0 Å². The Morgan fingerprint density at radius 2 is 1.88 bits per heavy atom. The molecule has 0 unspecified atom stereocenters. The van der Waals surface area contributed by atoms with Crippen molar-refractivity contribution in [2.24, 2.45) is 5.92 Å². The molecule has 0 aromatic heterocycles. The lowest BCUT2D eigenvalue weighted by Gasteiger charge is -2.15. The lowest BCUT2D eigenvalue weighted by Crippen LogP contribution is -2.21. The molecule has 5 heteroatoms. The first-order valence-corrected chi connectivity index (χ1v) is 9.48. The Morgan fingerprint density at radius 3 is 2.64 bits per heavy atom. The third-order valence-corrected chi connectivity index (χ3v) is 4.51. The van der Waals surface area contributed by atoms with E-state index in [2.05, 4.69) is 29.0 Å². The zero-order valence-electron chi connectivity index (χ0n) is 15.4. The number of hydrogen-bond donors (Lipinski definition) is 2. The number of unbranched alkanes of at least 4 members (excludes halogenated alkanes) is 5. The van der Waals surface area contributed by atoms with Crippen LogP contribution in [0, 0.1) is 5.92 Å². The van der Waals surface area contributed by atoms with Crippen LogP contribution in [0.2, 0.25) is 0 Å².